The number of hydrogen-bond acceptors (Lipinski definition) is 7. The molecule has 0 bridgehead atoms. The first-order valence-corrected chi connectivity index (χ1v) is 17.8. The largest absolute Gasteiger partial charge is 0.473 e. The zero-order chi connectivity index (χ0) is 37.6. The lowest BCUT2D eigenvalue weighted by Crippen LogP contribution is -2.33. The summed E-state index contributed by atoms with van der Waals surface area (Å²) in [5.74, 6) is 0.214. The van der Waals surface area contributed by atoms with Crippen LogP contribution in [0, 0.1) is 12.7 Å². The van der Waals surface area contributed by atoms with Crippen LogP contribution in [0.1, 0.15) is 51.5 Å². The molecule has 3 aromatic carbocycles. The van der Waals surface area contributed by atoms with Crippen molar-refractivity contribution in [3.8, 4) is 5.88 Å². The Morgan fingerprint density at radius 3 is 2.70 bits per heavy atom. The molecule has 1 fully saturated rings. The van der Waals surface area contributed by atoms with Crippen LogP contribution in [0.4, 0.5) is 23.2 Å². The summed E-state index contributed by atoms with van der Waals surface area (Å²) in [7, 11) is 0. The second kappa shape index (κ2) is 14.5. The number of aromatic nitrogens is 5. The number of fused-ring (bicyclic) bond motifs is 2. The molecule has 0 spiro atoms. The smallest absolute Gasteiger partial charge is 0.418 e. The molecule has 5 heterocycles. The topological polar surface area (TPSA) is 110 Å². The summed E-state index contributed by atoms with van der Waals surface area (Å²) in [6.45, 7) is 4.86. The van der Waals surface area contributed by atoms with E-state index in [2.05, 4.69) is 36.0 Å². The molecule has 0 unspecified atom stereocenters. The summed E-state index contributed by atoms with van der Waals surface area (Å²) in [6.07, 6.45) is -0.795. The normalized spacial score (nSPS) is 16.4. The van der Waals surface area contributed by atoms with Crippen LogP contribution in [0.15, 0.2) is 72.8 Å². The summed E-state index contributed by atoms with van der Waals surface area (Å²) in [5, 5.41) is 9.61. The molecule has 2 aliphatic heterocycles. The fourth-order valence-corrected chi connectivity index (χ4v) is 6.94. The van der Waals surface area contributed by atoms with Crippen LogP contribution in [0.25, 0.3) is 27.5 Å². The summed E-state index contributed by atoms with van der Waals surface area (Å²) >= 11 is 5.86. The zero-order valence-corrected chi connectivity index (χ0v) is 29.8. The molecular formula is C39H34ClF4N7O3. The number of H-pyrrole nitrogens is 1. The number of carbonyl (C=O) groups is 1. The molecule has 6 aromatic rings. The standard InChI is InChI=1S/C39H34ClF4N7O3/c1-22-29-17-27(18-30(39(42,43)44)37(29)49-48-22)45-38(52)24-6-8-34-33(15-24)46-35(51(34)19-28-11-14-53-28)20-50-12-9-23(10-13-50)32-3-2-4-36(47-32)54-21-25-5-7-26(40)16-31(25)41/h2-9,15-18,28H,10-14,19-21H2,1H3,(H,45,52)(H,48,49)/t28-/m0/s1. The second-order valence-corrected chi connectivity index (χ2v) is 13.9. The van der Waals surface area contributed by atoms with Crippen LogP contribution in [-0.4, -0.2) is 61.3 Å². The number of amides is 1. The van der Waals surface area contributed by atoms with Crippen molar-refractivity contribution in [2.45, 2.75) is 51.7 Å². The number of alkyl halides is 3. The van der Waals surface area contributed by atoms with Gasteiger partial charge in [-0.1, -0.05) is 29.8 Å². The first kappa shape index (κ1) is 35.7. The molecule has 2 aliphatic rings. The van der Waals surface area contributed by atoms with E-state index >= 15 is 0 Å². The molecule has 8 rings (SSSR count). The van der Waals surface area contributed by atoms with Gasteiger partial charge in [0.05, 0.1) is 52.7 Å². The van der Waals surface area contributed by atoms with Crippen molar-refractivity contribution in [2.24, 2.45) is 0 Å². The SMILES string of the molecule is Cc1n[nH]c2c(C(F)(F)F)cc(NC(=O)c3ccc4c(c3)nc(CN3CC=C(c5cccc(OCc6ccc(Cl)cc6F)n5)CC3)n4C[C@@H]3CCO3)cc12. The van der Waals surface area contributed by atoms with Crippen molar-refractivity contribution in [2.75, 3.05) is 25.0 Å². The van der Waals surface area contributed by atoms with Gasteiger partial charge in [0.2, 0.25) is 5.88 Å². The average Bonchev–Trinajstić information content (AvgIpc) is 3.67. The number of nitrogens with one attached hydrogen (secondary N) is 2. The van der Waals surface area contributed by atoms with E-state index in [1.54, 1.807) is 37.3 Å². The number of anilines is 1. The van der Waals surface area contributed by atoms with E-state index in [-0.39, 0.29) is 34.9 Å². The van der Waals surface area contributed by atoms with Crippen molar-refractivity contribution in [3.05, 3.63) is 118 Å². The number of carbonyl (C=O) groups excluding carboxylic acids is 1. The van der Waals surface area contributed by atoms with Gasteiger partial charge >= 0.3 is 6.18 Å². The summed E-state index contributed by atoms with van der Waals surface area (Å²) in [6, 6.07) is 17.5. The average molecular weight is 760 g/mol. The molecule has 1 amide bonds. The Hall–Kier alpha value is -5.31. The van der Waals surface area contributed by atoms with E-state index in [0.29, 0.717) is 53.9 Å². The Bertz CT molecular complexity index is 2420. The van der Waals surface area contributed by atoms with E-state index < -0.39 is 23.5 Å². The Morgan fingerprint density at radius 2 is 1.96 bits per heavy atom. The lowest BCUT2D eigenvalue weighted by molar-refractivity contribution is -0.136. The Balaban J connectivity index is 0.983. The molecule has 54 heavy (non-hydrogen) atoms. The van der Waals surface area contributed by atoms with E-state index in [0.717, 1.165) is 48.1 Å². The Morgan fingerprint density at radius 1 is 1.11 bits per heavy atom. The number of hydrogen-bond donors (Lipinski definition) is 2. The molecule has 3 aromatic heterocycles. The number of rotatable bonds is 10. The van der Waals surface area contributed by atoms with Crippen molar-refractivity contribution >= 4 is 50.7 Å². The van der Waals surface area contributed by atoms with Gasteiger partial charge in [0, 0.05) is 53.0 Å². The number of benzene rings is 3. The summed E-state index contributed by atoms with van der Waals surface area (Å²) < 4.78 is 69.5. The molecular weight excluding hydrogens is 726 g/mol. The molecule has 1 atom stereocenters. The van der Waals surface area contributed by atoms with Gasteiger partial charge < -0.3 is 19.4 Å². The van der Waals surface area contributed by atoms with Gasteiger partial charge in [-0.05, 0) is 73.9 Å². The lowest BCUT2D eigenvalue weighted by atomic mass is 10.0. The van der Waals surface area contributed by atoms with E-state index in [1.165, 1.54) is 12.1 Å². The molecule has 10 nitrogen and oxygen atoms in total. The summed E-state index contributed by atoms with van der Waals surface area (Å²) in [5.41, 5.74) is 3.31. The van der Waals surface area contributed by atoms with E-state index in [4.69, 9.17) is 26.1 Å². The first-order chi connectivity index (χ1) is 26.0. The van der Waals surface area contributed by atoms with Crippen molar-refractivity contribution in [3.63, 3.8) is 0 Å². The highest BCUT2D eigenvalue weighted by Crippen LogP contribution is 2.37. The third-order valence-electron chi connectivity index (χ3n) is 9.80. The number of ether oxygens (including phenoxy) is 2. The van der Waals surface area contributed by atoms with Crippen molar-refractivity contribution in [1.82, 2.24) is 29.6 Å². The van der Waals surface area contributed by atoms with Crippen molar-refractivity contribution < 1.29 is 31.8 Å². The van der Waals surface area contributed by atoms with Crippen LogP contribution >= 0.6 is 11.6 Å². The van der Waals surface area contributed by atoms with E-state index in [1.807, 2.05) is 18.2 Å². The molecule has 1 saturated heterocycles. The third-order valence-corrected chi connectivity index (χ3v) is 10.0. The van der Waals surface area contributed by atoms with Crippen molar-refractivity contribution in [1.29, 1.82) is 0 Å². The number of aromatic amines is 1. The van der Waals surface area contributed by atoms with Crippen LogP contribution in [-0.2, 0) is 30.6 Å². The third kappa shape index (κ3) is 7.41. The Kier molecular flexibility index (Phi) is 9.58. The molecule has 15 heteroatoms. The quantitative estimate of drug-likeness (QED) is 0.135. The number of aryl methyl sites for hydroxylation is 1. The lowest BCUT2D eigenvalue weighted by Gasteiger charge is -2.29. The van der Waals surface area contributed by atoms with Gasteiger partial charge in [-0.15, -0.1) is 0 Å². The molecule has 2 N–H and O–H groups in total. The number of pyridine rings is 1. The van der Waals surface area contributed by atoms with Gasteiger partial charge in [0.15, 0.2) is 0 Å². The van der Waals surface area contributed by atoms with Gasteiger partial charge in [0.1, 0.15) is 18.2 Å². The van der Waals surface area contributed by atoms with Crippen LogP contribution in [0.2, 0.25) is 5.02 Å². The number of imidazole rings is 1. The predicted molar refractivity (Wildman–Crippen MR) is 196 cm³/mol. The van der Waals surface area contributed by atoms with Gasteiger partial charge in [-0.25, -0.2) is 14.4 Å². The number of nitrogens with zero attached hydrogens (tertiary/aromatic N) is 5. The summed E-state index contributed by atoms with van der Waals surface area (Å²) in [4.78, 5) is 25.3. The second-order valence-electron chi connectivity index (χ2n) is 13.4. The monoisotopic (exact) mass is 759 g/mol. The number of halogens is 5. The molecule has 0 aliphatic carbocycles. The highest BCUT2D eigenvalue weighted by molar-refractivity contribution is 6.30. The highest BCUT2D eigenvalue weighted by Gasteiger charge is 2.34. The minimum Gasteiger partial charge on any atom is -0.473 e. The van der Waals surface area contributed by atoms with Crippen LogP contribution in [0.3, 0.4) is 0 Å². The maximum absolute atomic E-state index is 14.2. The first-order valence-electron chi connectivity index (χ1n) is 17.4. The highest BCUT2D eigenvalue weighted by atomic mass is 35.5. The van der Waals surface area contributed by atoms with Crippen LogP contribution in [0.5, 0.6) is 5.88 Å². The van der Waals surface area contributed by atoms with Gasteiger partial charge in [-0.2, -0.15) is 18.3 Å². The van der Waals surface area contributed by atoms with Gasteiger partial charge in [0.25, 0.3) is 5.91 Å². The minimum atomic E-state index is -4.64. The fourth-order valence-electron chi connectivity index (χ4n) is 6.78. The predicted octanol–water partition coefficient (Wildman–Crippen LogP) is 8.34. The maximum Gasteiger partial charge on any atom is 0.418 e. The van der Waals surface area contributed by atoms with Gasteiger partial charge in [-0.3, -0.25) is 14.8 Å². The zero-order valence-electron chi connectivity index (χ0n) is 29.0. The minimum absolute atomic E-state index is 0.0121. The van der Waals surface area contributed by atoms with E-state index in [9.17, 15) is 22.4 Å². The molecule has 0 radical (unpaired) electrons. The van der Waals surface area contributed by atoms with Crippen LogP contribution < -0.4 is 10.1 Å². The molecule has 278 valence electrons. The Labute approximate surface area is 311 Å². The fraction of sp³-hybridized carbons (Fsp3) is 0.282. The maximum atomic E-state index is 14.2. The molecule has 0 saturated carbocycles.